The number of ether oxygens (including phenoxy) is 2. The highest BCUT2D eigenvalue weighted by molar-refractivity contribution is 5.81. The minimum absolute atomic E-state index is 0.151. The van der Waals surface area contributed by atoms with Crippen LogP contribution in [0.3, 0.4) is 0 Å². The van der Waals surface area contributed by atoms with E-state index in [1.807, 2.05) is 36.4 Å². The Morgan fingerprint density at radius 1 is 1.03 bits per heavy atom. The molecule has 3 rings (SSSR count). The molecule has 0 unspecified atom stereocenters. The second-order valence-electron chi connectivity index (χ2n) is 6.71. The number of pyridine rings is 1. The van der Waals surface area contributed by atoms with Crippen LogP contribution in [0.1, 0.15) is 39.0 Å². The first-order valence-electron chi connectivity index (χ1n) is 9.95. The molecule has 0 aliphatic heterocycles. The van der Waals surface area contributed by atoms with Crippen LogP contribution in [0.5, 0.6) is 5.88 Å². The molecule has 0 atom stereocenters. The molecule has 0 N–H and O–H groups in total. The van der Waals surface area contributed by atoms with E-state index in [0.717, 1.165) is 36.6 Å². The Bertz CT molecular complexity index is 997. The van der Waals surface area contributed by atoms with Gasteiger partial charge in [-0.3, -0.25) is 4.79 Å². The van der Waals surface area contributed by atoms with Crippen molar-refractivity contribution in [3.05, 3.63) is 59.1 Å². The lowest BCUT2D eigenvalue weighted by Gasteiger charge is -2.07. The summed E-state index contributed by atoms with van der Waals surface area (Å²) in [5, 5.41) is 0.770. The lowest BCUT2D eigenvalue weighted by molar-refractivity contribution is -0.143. The zero-order chi connectivity index (χ0) is 20.5. The molecule has 0 spiro atoms. The molecule has 0 amide bonds. The number of hydrogen-bond donors (Lipinski definition) is 0. The molecule has 0 aliphatic rings. The minimum atomic E-state index is -0.385. The lowest BCUT2D eigenvalue weighted by Crippen LogP contribution is -2.04. The molecule has 0 saturated carbocycles. The van der Waals surface area contributed by atoms with Gasteiger partial charge < -0.3 is 13.9 Å². The molecule has 2 aromatic heterocycles. The summed E-state index contributed by atoms with van der Waals surface area (Å²) in [5.41, 5.74) is 1.37. The first kappa shape index (κ1) is 20.6. The Hall–Kier alpha value is -3.15. The highest BCUT2D eigenvalue weighted by Gasteiger charge is 2.09. The Labute approximate surface area is 169 Å². The quantitative estimate of drug-likeness (QED) is 0.364. The number of nitrogens with zero attached hydrogens (tertiary/aromatic N) is 1. The van der Waals surface area contributed by atoms with Gasteiger partial charge in [-0.05, 0) is 37.3 Å². The second kappa shape index (κ2) is 10.4. The van der Waals surface area contributed by atoms with Crippen molar-refractivity contribution in [2.24, 2.45) is 0 Å². The van der Waals surface area contributed by atoms with Gasteiger partial charge in [-0.1, -0.05) is 37.3 Å². The molecule has 152 valence electrons. The first-order valence-corrected chi connectivity index (χ1v) is 9.95. The molecular formula is C23H25NO5. The van der Waals surface area contributed by atoms with Gasteiger partial charge >= 0.3 is 11.6 Å². The van der Waals surface area contributed by atoms with E-state index in [1.54, 1.807) is 13.0 Å². The van der Waals surface area contributed by atoms with Crippen LogP contribution in [0.25, 0.3) is 22.1 Å². The number of esters is 1. The number of hydrogen-bond acceptors (Lipinski definition) is 6. The second-order valence-corrected chi connectivity index (χ2v) is 6.71. The summed E-state index contributed by atoms with van der Waals surface area (Å²) in [5.74, 6) is 0.351. The maximum Gasteiger partial charge on any atom is 0.344 e. The van der Waals surface area contributed by atoms with Gasteiger partial charge in [0.25, 0.3) is 0 Å². The maximum absolute atomic E-state index is 12.2. The van der Waals surface area contributed by atoms with Crippen molar-refractivity contribution in [2.75, 3.05) is 13.2 Å². The lowest BCUT2D eigenvalue weighted by atomic mass is 10.1. The third-order valence-electron chi connectivity index (χ3n) is 4.52. The molecular weight excluding hydrogens is 370 g/mol. The highest BCUT2D eigenvalue weighted by atomic mass is 16.5. The summed E-state index contributed by atoms with van der Waals surface area (Å²) >= 11 is 0. The van der Waals surface area contributed by atoms with Gasteiger partial charge in [-0.25, -0.2) is 9.78 Å². The minimum Gasteiger partial charge on any atom is -0.478 e. The number of fused-ring (bicyclic) bond motifs is 1. The van der Waals surface area contributed by atoms with Crippen molar-refractivity contribution in [1.29, 1.82) is 0 Å². The Morgan fingerprint density at radius 3 is 2.55 bits per heavy atom. The SMILES string of the molecule is CCC(=O)OCCCCCCOc1cc2cc(-c3ccccc3)c(=O)oc2cn1. The largest absolute Gasteiger partial charge is 0.478 e. The molecule has 0 aliphatic carbocycles. The van der Waals surface area contributed by atoms with Crippen LogP contribution in [0.2, 0.25) is 0 Å². The van der Waals surface area contributed by atoms with Crippen LogP contribution in [0.4, 0.5) is 0 Å². The topological polar surface area (TPSA) is 78.6 Å². The van der Waals surface area contributed by atoms with Crippen molar-refractivity contribution in [2.45, 2.75) is 39.0 Å². The number of unbranched alkanes of at least 4 members (excludes halogenated alkanes) is 3. The molecule has 0 fully saturated rings. The van der Waals surface area contributed by atoms with Gasteiger partial charge in [0.1, 0.15) is 0 Å². The molecule has 2 heterocycles. The van der Waals surface area contributed by atoms with E-state index in [1.165, 1.54) is 6.20 Å². The molecule has 0 saturated heterocycles. The average molecular weight is 395 g/mol. The molecule has 1 aromatic carbocycles. The van der Waals surface area contributed by atoms with Crippen LogP contribution < -0.4 is 10.4 Å². The number of rotatable bonds is 10. The van der Waals surface area contributed by atoms with Crippen molar-refractivity contribution >= 4 is 16.9 Å². The standard InChI is InChI=1S/C23H25NO5/c1-2-22(25)28-13-9-4-3-8-12-27-21-15-18-14-19(17-10-6-5-7-11-17)23(26)29-20(18)16-24-21/h5-7,10-11,14-16H,2-4,8-9,12-13H2,1H3. The number of benzene rings is 1. The van der Waals surface area contributed by atoms with Gasteiger partial charge in [0, 0.05) is 17.9 Å². The monoisotopic (exact) mass is 395 g/mol. The fraction of sp³-hybridized carbons (Fsp3) is 0.348. The van der Waals surface area contributed by atoms with Crippen LogP contribution >= 0.6 is 0 Å². The molecule has 29 heavy (non-hydrogen) atoms. The summed E-state index contributed by atoms with van der Waals surface area (Å²) in [6.07, 6.45) is 5.66. The summed E-state index contributed by atoms with van der Waals surface area (Å²) in [4.78, 5) is 27.5. The van der Waals surface area contributed by atoms with Crippen molar-refractivity contribution in [3.8, 4) is 17.0 Å². The van der Waals surface area contributed by atoms with E-state index in [2.05, 4.69) is 4.98 Å². The number of carbonyl (C=O) groups excluding carboxylic acids is 1. The van der Waals surface area contributed by atoms with Gasteiger partial charge in [-0.2, -0.15) is 0 Å². The van der Waals surface area contributed by atoms with Gasteiger partial charge in [-0.15, -0.1) is 0 Å². The third kappa shape index (κ3) is 5.91. The third-order valence-corrected chi connectivity index (χ3v) is 4.52. The fourth-order valence-corrected chi connectivity index (χ4v) is 2.93. The van der Waals surface area contributed by atoms with Crippen molar-refractivity contribution in [1.82, 2.24) is 4.98 Å². The van der Waals surface area contributed by atoms with Gasteiger partial charge in [0.05, 0.1) is 25.0 Å². The summed E-state index contributed by atoms with van der Waals surface area (Å²) in [6.45, 7) is 2.82. The Morgan fingerprint density at radius 2 is 1.79 bits per heavy atom. The Balaban J connectivity index is 1.52. The summed E-state index contributed by atoms with van der Waals surface area (Å²) < 4.78 is 16.2. The fourth-order valence-electron chi connectivity index (χ4n) is 2.93. The van der Waals surface area contributed by atoms with Crippen LogP contribution in [0.15, 0.2) is 57.9 Å². The van der Waals surface area contributed by atoms with E-state index < -0.39 is 0 Å². The zero-order valence-corrected chi connectivity index (χ0v) is 16.6. The molecule has 6 nitrogen and oxygen atoms in total. The van der Waals surface area contributed by atoms with E-state index in [4.69, 9.17) is 13.9 Å². The Kier molecular flexibility index (Phi) is 7.39. The molecule has 0 radical (unpaired) electrons. The van der Waals surface area contributed by atoms with E-state index in [-0.39, 0.29) is 11.6 Å². The van der Waals surface area contributed by atoms with Crippen LogP contribution in [-0.4, -0.2) is 24.2 Å². The highest BCUT2D eigenvalue weighted by Crippen LogP contribution is 2.23. The van der Waals surface area contributed by atoms with E-state index >= 15 is 0 Å². The molecule has 0 bridgehead atoms. The normalized spacial score (nSPS) is 10.8. The molecule has 3 aromatic rings. The number of carbonyl (C=O) groups is 1. The van der Waals surface area contributed by atoms with Crippen molar-refractivity contribution < 1.29 is 18.7 Å². The first-order chi connectivity index (χ1) is 14.2. The molecule has 6 heteroatoms. The van der Waals surface area contributed by atoms with Gasteiger partial charge in [0.2, 0.25) is 5.88 Å². The van der Waals surface area contributed by atoms with Crippen LogP contribution in [-0.2, 0) is 9.53 Å². The smallest absolute Gasteiger partial charge is 0.344 e. The zero-order valence-electron chi connectivity index (χ0n) is 16.6. The summed E-state index contributed by atoms with van der Waals surface area (Å²) in [7, 11) is 0. The van der Waals surface area contributed by atoms with Gasteiger partial charge in [0.15, 0.2) is 5.58 Å². The van der Waals surface area contributed by atoms with Crippen LogP contribution in [0, 0.1) is 0 Å². The van der Waals surface area contributed by atoms with E-state index in [9.17, 15) is 9.59 Å². The summed E-state index contributed by atoms with van der Waals surface area (Å²) in [6, 6.07) is 13.0. The average Bonchev–Trinajstić information content (AvgIpc) is 2.75. The maximum atomic E-state index is 12.2. The number of aromatic nitrogens is 1. The van der Waals surface area contributed by atoms with E-state index in [0.29, 0.717) is 36.7 Å². The van der Waals surface area contributed by atoms with Crippen molar-refractivity contribution in [3.63, 3.8) is 0 Å². The predicted octanol–water partition coefficient (Wildman–Crippen LogP) is 4.75. The predicted molar refractivity (Wildman–Crippen MR) is 111 cm³/mol.